The molecule has 0 amide bonds. The standard InChI is InChI=1S/C14H21N3O/c1-2-15-14(16-9-11-3-4-11)17-10-12-5-7-13(18)8-6-12/h5-8,11,18H,2-4,9-10H2,1H3,(H2,15,16,17). The first kappa shape index (κ1) is 12.7. The van der Waals surface area contributed by atoms with Gasteiger partial charge < -0.3 is 15.7 Å². The van der Waals surface area contributed by atoms with E-state index in [4.69, 9.17) is 0 Å². The molecule has 2 rings (SSSR count). The minimum Gasteiger partial charge on any atom is -0.508 e. The normalized spacial score (nSPS) is 15.5. The molecule has 1 fully saturated rings. The SMILES string of the molecule is CCNC(=NCc1ccc(O)cc1)NCC1CC1. The second-order valence-corrected chi connectivity index (χ2v) is 4.69. The van der Waals surface area contributed by atoms with Crippen molar-refractivity contribution in [1.82, 2.24) is 10.6 Å². The van der Waals surface area contributed by atoms with Crippen LogP contribution in [0.3, 0.4) is 0 Å². The molecular formula is C14H21N3O. The van der Waals surface area contributed by atoms with E-state index in [1.165, 1.54) is 12.8 Å². The van der Waals surface area contributed by atoms with Crippen molar-refractivity contribution in [3.8, 4) is 5.75 Å². The fourth-order valence-corrected chi connectivity index (χ4v) is 1.68. The average Bonchev–Trinajstić information content (AvgIpc) is 3.19. The minimum atomic E-state index is 0.293. The van der Waals surface area contributed by atoms with Gasteiger partial charge in [-0.1, -0.05) is 12.1 Å². The second-order valence-electron chi connectivity index (χ2n) is 4.69. The van der Waals surface area contributed by atoms with Crippen LogP contribution in [0.1, 0.15) is 25.3 Å². The maximum Gasteiger partial charge on any atom is 0.191 e. The summed E-state index contributed by atoms with van der Waals surface area (Å²) in [7, 11) is 0. The number of hydrogen-bond acceptors (Lipinski definition) is 2. The first-order valence-corrected chi connectivity index (χ1v) is 6.58. The van der Waals surface area contributed by atoms with E-state index in [0.717, 1.165) is 30.5 Å². The summed E-state index contributed by atoms with van der Waals surface area (Å²) in [5, 5.41) is 15.8. The van der Waals surface area contributed by atoms with Crippen molar-refractivity contribution in [2.75, 3.05) is 13.1 Å². The Hall–Kier alpha value is -1.71. The van der Waals surface area contributed by atoms with Crippen molar-refractivity contribution >= 4 is 5.96 Å². The number of phenols is 1. The van der Waals surface area contributed by atoms with Crippen LogP contribution in [0.5, 0.6) is 5.75 Å². The lowest BCUT2D eigenvalue weighted by Gasteiger charge is -2.10. The van der Waals surface area contributed by atoms with E-state index in [2.05, 4.69) is 22.5 Å². The first-order chi connectivity index (χ1) is 8.78. The summed E-state index contributed by atoms with van der Waals surface area (Å²) in [6.07, 6.45) is 2.68. The van der Waals surface area contributed by atoms with Crippen molar-refractivity contribution in [1.29, 1.82) is 0 Å². The molecule has 0 atom stereocenters. The summed E-state index contributed by atoms with van der Waals surface area (Å²) in [6.45, 7) is 4.57. The zero-order valence-corrected chi connectivity index (χ0v) is 10.8. The van der Waals surface area contributed by atoms with Gasteiger partial charge >= 0.3 is 0 Å². The van der Waals surface area contributed by atoms with Crippen molar-refractivity contribution in [2.45, 2.75) is 26.3 Å². The summed E-state index contributed by atoms with van der Waals surface area (Å²) in [5.74, 6) is 2.00. The number of benzene rings is 1. The van der Waals surface area contributed by atoms with Crippen LogP contribution < -0.4 is 10.6 Å². The van der Waals surface area contributed by atoms with Gasteiger partial charge in [-0.05, 0) is 43.4 Å². The highest BCUT2D eigenvalue weighted by molar-refractivity contribution is 5.79. The van der Waals surface area contributed by atoms with Crippen molar-refractivity contribution in [3.05, 3.63) is 29.8 Å². The summed E-state index contributed by atoms with van der Waals surface area (Å²) < 4.78 is 0. The molecule has 0 aromatic heterocycles. The van der Waals surface area contributed by atoms with E-state index in [1.807, 2.05) is 12.1 Å². The van der Waals surface area contributed by atoms with Gasteiger partial charge in [0.1, 0.15) is 5.75 Å². The minimum absolute atomic E-state index is 0.293. The lowest BCUT2D eigenvalue weighted by molar-refractivity contribution is 0.475. The topological polar surface area (TPSA) is 56.7 Å². The number of aromatic hydroxyl groups is 1. The van der Waals surface area contributed by atoms with Gasteiger partial charge in [0.2, 0.25) is 0 Å². The third kappa shape index (κ3) is 4.28. The van der Waals surface area contributed by atoms with Gasteiger partial charge in [-0.15, -0.1) is 0 Å². The van der Waals surface area contributed by atoms with E-state index >= 15 is 0 Å². The highest BCUT2D eigenvalue weighted by Gasteiger charge is 2.20. The Bertz CT molecular complexity index is 396. The lowest BCUT2D eigenvalue weighted by atomic mass is 10.2. The van der Waals surface area contributed by atoms with E-state index < -0.39 is 0 Å². The zero-order valence-electron chi connectivity index (χ0n) is 10.8. The summed E-state index contributed by atoms with van der Waals surface area (Å²) in [4.78, 5) is 4.53. The molecule has 0 saturated heterocycles. The summed E-state index contributed by atoms with van der Waals surface area (Å²) in [5.41, 5.74) is 1.09. The molecule has 4 nitrogen and oxygen atoms in total. The van der Waals surface area contributed by atoms with Gasteiger partial charge in [0.15, 0.2) is 5.96 Å². The van der Waals surface area contributed by atoms with Crippen molar-refractivity contribution in [3.63, 3.8) is 0 Å². The van der Waals surface area contributed by atoms with E-state index in [0.29, 0.717) is 12.3 Å². The number of phenolic OH excluding ortho intramolecular Hbond substituents is 1. The second kappa shape index (κ2) is 6.28. The molecule has 1 aromatic carbocycles. The molecule has 4 heteroatoms. The van der Waals surface area contributed by atoms with Crippen LogP contribution in [0.2, 0.25) is 0 Å². The Morgan fingerprint density at radius 1 is 1.28 bits per heavy atom. The predicted molar refractivity (Wildman–Crippen MR) is 73.6 cm³/mol. The fourth-order valence-electron chi connectivity index (χ4n) is 1.68. The molecule has 1 aliphatic carbocycles. The first-order valence-electron chi connectivity index (χ1n) is 6.58. The number of nitrogens with one attached hydrogen (secondary N) is 2. The van der Waals surface area contributed by atoms with Crippen LogP contribution in [-0.4, -0.2) is 24.2 Å². The molecule has 1 saturated carbocycles. The van der Waals surface area contributed by atoms with E-state index in [-0.39, 0.29) is 0 Å². The molecule has 1 aromatic rings. The fraction of sp³-hybridized carbons (Fsp3) is 0.500. The van der Waals surface area contributed by atoms with Gasteiger partial charge in [0, 0.05) is 13.1 Å². The molecule has 1 aliphatic rings. The Morgan fingerprint density at radius 2 is 2.00 bits per heavy atom. The van der Waals surface area contributed by atoms with Crippen LogP contribution in [0.15, 0.2) is 29.3 Å². The number of guanidine groups is 1. The molecule has 0 spiro atoms. The monoisotopic (exact) mass is 247 g/mol. The van der Waals surface area contributed by atoms with Gasteiger partial charge in [0.25, 0.3) is 0 Å². The molecule has 0 unspecified atom stereocenters. The van der Waals surface area contributed by atoms with Crippen LogP contribution >= 0.6 is 0 Å². The maximum absolute atomic E-state index is 9.21. The highest BCUT2D eigenvalue weighted by Crippen LogP contribution is 2.27. The molecule has 98 valence electrons. The zero-order chi connectivity index (χ0) is 12.8. The van der Waals surface area contributed by atoms with Crippen LogP contribution in [0.25, 0.3) is 0 Å². The molecule has 0 radical (unpaired) electrons. The van der Waals surface area contributed by atoms with Crippen LogP contribution in [0.4, 0.5) is 0 Å². The summed E-state index contributed by atoms with van der Waals surface area (Å²) in [6, 6.07) is 7.16. The van der Waals surface area contributed by atoms with Crippen molar-refractivity contribution in [2.24, 2.45) is 10.9 Å². The smallest absolute Gasteiger partial charge is 0.191 e. The third-order valence-corrected chi connectivity index (χ3v) is 2.96. The number of rotatable bonds is 5. The van der Waals surface area contributed by atoms with Gasteiger partial charge in [0.05, 0.1) is 6.54 Å². The van der Waals surface area contributed by atoms with Gasteiger partial charge in [-0.25, -0.2) is 4.99 Å². The third-order valence-electron chi connectivity index (χ3n) is 2.96. The highest BCUT2D eigenvalue weighted by atomic mass is 16.3. The van der Waals surface area contributed by atoms with Crippen molar-refractivity contribution < 1.29 is 5.11 Å². The molecule has 0 aliphatic heterocycles. The molecule has 18 heavy (non-hydrogen) atoms. The van der Waals surface area contributed by atoms with Gasteiger partial charge in [-0.3, -0.25) is 0 Å². The van der Waals surface area contributed by atoms with Crippen LogP contribution in [0, 0.1) is 5.92 Å². The van der Waals surface area contributed by atoms with Crippen LogP contribution in [-0.2, 0) is 6.54 Å². The number of nitrogens with zero attached hydrogens (tertiary/aromatic N) is 1. The molecule has 0 heterocycles. The van der Waals surface area contributed by atoms with E-state index in [1.54, 1.807) is 12.1 Å². The average molecular weight is 247 g/mol. The molecule has 3 N–H and O–H groups in total. The Labute approximate surface area is 108 Å². The number of hydrogen-bond donors (Lipinski definition) is 3. The summed E-state index contributed by atoms with van der Waals surface area (Å²) >= 11 is 0. The van der Waals surface area contributed by atoms with Gasteiger partial charge in [-0.2, -0.15) is 0 Å². The molecule has 0 bridgehead atoms. The van der Waals surface area contributed by atoms with E-state index in [9.17, 15) is 5.11 Å². The Kier molecular flexibility index (Phi) is 4.45. The largest absolute Gasteiger partial charge is 0.508 e. The lowest BCUT2D eigenvalue weighted by Crippen LogP contribution is -2.38. The Morgan fingerprint density at radius 3 is 2.61 bits per heavy atom. The molecular weight excluding hydrogens is 226 g/mol. The maximum atomic E-state index is 9.21. The Balaban J connectivity index is 1.87. The quantitative estimate of drug-likeness (QED) is 0.550. The number of aliphatic imine (C=N–C) groups is 1. The predicted octanol–water partition coefficient (Wildman–Crippen LogP) is 1.86.